The molecular weight excluding hydrogens is 252 g/mol. The maximum Gasteiger partial charge on any atom is 0.258 e. The van der Waals surface area contributed by atoms with Crippen LogP contribution in [-0.2, 0) is 0 Å². The van der Waals surface area contributed by atoms with Gasteiger partial charge in [0, 0.05) is 11.6 Å². The Labute approximate surface area is 112 Å². The van der Waals surface area contributed by atoms with Gasteiger partial charge < -0.3 is 9.64 Å². The van der Waals surface area contributed by atoms with E-state index in [9.17, 15) is 4.79 Å². The summed E-state index contributed by atoms with van der Waals surface area (Å²) in [6.07, 6.45) is 0.788. The van der Waals surface area contributed by atoms with Crippen LogP contribution < -0.4 is 4.74 Å². The highest BCUT2D eigenvalue weighted by Gasteiger charge is 2.19. The SMILES string of the molecule is CCCN(CC#N)C(=O)c1cc(Cl)ccc1OC. The van der Waals surface area contributed by atoms with Gasteiger partial charge in [0.25, 0.3) is 5.91 Å². The van der Waals surface area contributed by atoms with Gasteiger partial charge in [0.1, 0.15) is 12.3 Å². The van der Waals surface area contributed by atoms with Gasteiger partial charge in [-0.15, -0.1) is 0 Å². The van der Waals surface area contributed by atoms with Crippen molar-refractivity contribution in [3.63, 3.8) is 0 Å². The predicted molar refractivity (Wildman–Crippen MR) is 69.8 cm³/mol. The van der Waals surface area contributed by atoms with Gasteiger partial charge in [0.15, 0.2) is 0 Å². The molecule has 0 atom stereocenters. The largest absolute Gasteiger partial charge is 0.496 e. The minimum atomic E-state index is -0.238. The first-order valence-corrected chi connectivity index (χ1v) is 6.01. The maximum atomic E-state index is 12.3. The van der Waals surface area contributed by atoms with Gasteiger partial charge in [-0.2, -0.15) is 5.26 Å². The maximum absolute atomic E-state index is 12.3. The van der Waals surface area contributed by atoms with Crippen LogP contribution >= 0.6 is 11.6 Å². The molecule has 18 heavy (non-hydrogen) atoms. The van der Waals surface area contributed by atoms with E-state index in [0.717, 1.165) is 6.42 Å². The minimum Gasteiger partial charge on any atom is -0.496 e. The number of rotatable bonds is 5. The van der Waals surface area contributed by atoms with Gasteiger partial charge in [-0.05, 0) is 24.6 Å². The average Bonchev–Trinajstić information content (AvgIpc) is 2.37. The number of nitriles is 1. The highest BCUT2D eigenvalue weighted by Crippen LogP contribution is 2.24. The third-order valence-corrected chi connectivity index (χ3v) is 2.67. The fourth-order valence-electron chi connectivity index (χ4n) is 1.63. The third kappa shape index (κ3) is 3.38. The topological polar surface area (TPSA) is 53.3 Å². The van der Waals surface area contributed by atoms with E-state index >= 15 is 0 Å². The number of ether oxygens (including phenoxy) is 1. The van der Waals surface area contributed by atoms with Gasteiger partial charge >= 0.3 is 0 Å². The molecule has 0 aliphatic heterocycles. The number of hydrogen-bond donors (Lipinski definition) is 0. The lowest BCUT2D eigenvalue weighted by Gasteiger charge is -2.20. The molecule has 0 heterocycles. The molecule has 0 spiro atoms. The van der Waals surface area contributed by atoms with Crippen molar-refractivity contribution in [2.75, 3.05) is 20.2 Å². The zero-order valence-corrected chi connectivity index (χ0v) is 11.2. The lowest BCUT2D eigenvalue weighted by Crippen LogP contribution is -2.32. The summed E-state index contributed by atoms with van der Waals surface area (Å²) in [6.45, 7) is 2.54. The van der Waals surface area contributed by atoms with Gasteiger partial charge in [0.05, 0.1) is 18.7 Å². The van der Waals surface area contributed by atoms with Crippen LogP contribution in [0.15, 0.2) is 18.2 Å². The van der Waals surface area contributed by atoms with Crippen LogP contribution in [0.1, 0.15) is 23.7 Å². The Balaban J connectivity index is 3.07. The molecule has 0 unspecified atom stereocenters. The summed E-state index contributed by atoms with van der Waals surface area (Å²) in [5.74, 6) is 0.223. The van der Waals surface area contributed by atoms with Crippen LogP contribution in [0.4, 0.5) is 0 Å². The molecule has 0 aliphatic carbocycles. The smallest absolute Gasteiger partial charge is 0.258 e. The molecule has 0 saturated heterocycles. The molecule has 0 N–H and O–H groups in total. The zero-order valence-electron chi connectivity index (χ0n) is 10.4. The van der Waals surface area contributed by atoms with Crippen molar-refractivity contribution in [3.8, 4) is 11.8 Å². The Kier molecular flexibility index (Phi) is 5.47. The molecule has 1 rings (SSSR count). The fourth-order valence-corrected chi connectivity index (χ4v) is 1.80. The van der Waals surface area contributed by atoms with E-state index in [4.69, 9.17) is 21.6 Å². The zero-order chi connectivity index (χ0) is 13.5. The van der Waals surface area contributed by atoms with Crippen LogP contribution in [0.3, 0.4) is 0 Å². The summed E-state index contributed by atoms with van der Waals surface area (Å²) in [5, 5.41) is 9.20. The van der Waals surface area contributed by atoms with Crippen molar-refractivity contribution in [1.82, 2.24) is 4.90 Å². The van der Waals surface area contributed by atoms with Crippen LogP contribution in [0.2, 0.25) is 5.02 Å². The minimum absolute atomic E-state index is 0.0579. The van der Waals surface area contributed by atoms with Crippen LogP contribution in [0.5, 0.6) is 5.75 Å². The fraction of sp³-hybridized carbons (Fsp3) is 0.385. The molecule has 4 nitrogen and oxygen atoms in total. The number of hydrogen-bond acceptors (Lipinski definition) is 3. The first-order valence-electron chi connectivity index (χ1n) is 5.63. The second kappa shape index (κ2) is 6.87. The normalized spacial score (nSPS) is 9.67. The third-order valence-electron chi connectivity index (χ3n) is 2.43. The number of carbonyl (C=O) groups excluding carboxylic acids is 1. The van der Waals surface area contributed by atoms with Crippen LogP contribution in [-0.4, -0.2) is 31.0 Å². The van der Waals surface area contributed by atoms with Gasteiger partial charge in [-0.25, -0.2) is 0 Å². The molecule has 1 aromatic carbocycles. The summed E-state index contributed by atoms with van der Waals surface area (Å²) in [7, 11) is 1.49. The number of nitrogens with zero attached hydrogens (tertiary/aromatic N) is 2. The Morgan fingerprint density at radius 3 is 2.83 bits per heavy atom. The van der Waals surface area contributed by atoms with E-state index in [2.05, 4.69) is 0 Å². The van der Waals surface area contributed by atoms with Crippen LogP contribution in [0.25, 0.3) is 0 Å². The molecule has 96 valence electrons. The lowest BCUT2D eigenvalue weighted by molar-refractivity contribution is 0.0772. The second-order valence-corrected chi connectivity index (χ2v) is 4.17. The molecule has 0 fully saturated rings. The van der Waals surface area contributed by atoms with Crippen molar-refractivity contribution in [2.24, 2.45) is 0 Å². The van der Waals surface area contributed by atoms with Crippen molar-refractivity contribution in [3.05, 3.63) is 28.8 Å². The van der Waals surface area contributed by atoms with E-state index in [0.29, 0.717) is 22.9 Å². The number of halogens is 1. The quantitative estimate of drug-likeness (QED) is 0.770. The summed E-state index contributed by atoms with van der Waals surface area (Å²) < 4.78 is 5.14. The summed E-state index contributed by atoms with van der Waals surface area (Å²) in [4.78, 5) is 13.8. The molecule has 0 aliphatic rings. The van der Waals surface area contributed by atoms with E-state index in [1.165, 1.54) is 12.0 Å². The monoisotopic (exact) mass is 266 g/mol. The summed E-state index contributed by atoms with van der Waals surface area (Å²) >= 11 is 5.89. The number of amides is 1. The van der Waals surface area contributed by atoms with E-state index < -0.39 is 0 Å². The average molecular weight is 267 g/mol. The molecule has 1 aromatic rings. The molecule has 1 amide bonds. The highest BCUT2D eigenvalue weighted by atomic mass is 35.5. The Bertz CT molecular complexity index is 469. The van der Waals surface area contributed by atoms with E-state index in [1.807, 2.05) is 13.0 Å². The van der Waals surface area contributed by atoms with Crippen molar-refractivity contribution in [1.29, 1.82) is 5.26 Å². The molecule has 0 aromatic heterocycles. The van der Waals surface area contributed by atoms with Crippen molar-refractivity contribution < 1.29 is 9.53 Å². The van der Waals surface area contributed by atoms with E-state index in [-0.39, 0.29) is 12.5 Å². The number of carbonyl (C=O) groups is 1. The standard InChI is InChI=1S/C13H15ClN2O2/c1-3-7-16(8-6-15)13(17)11-9-10(14)4-5-12(11)18-2/h4-5,9H,3,7-8H2,1-2H3. The molecule has 0 bridgehead atoms. The Morgan fingerprint density at radius 1 is 1.56 bits per heavy atom. The predicted octanol–water partition coefficient (Wildman–Crippen LogP) is 2.72. The number of benzene rings is 1. The van der Waals surface area contributed by atoms with E-state index in [1.54, 1.807) is 18.2 Å². The first-order chi connectivity index (χ1) is 8.63. The second-order valence-electron chi connectivity index (χ2n) is 3.73. The first kappa shape index (κ1) is 14.3. The van der Waals surface area contributed by atoms with Gasteiger partial charge in [-0.3, -0.25) is 4.79 Å². The molecular formula is C13H15ClN2O2. The highest BCUT2D eigenvalue weighted by molar-refractivity contribution is 6.31. The molecule has 5 heteroatoms. The molecule has 0 saturated carbocycles. The Morgan fingerprint density at radius 2 is 2.28 bits per heavy atom. The number of methoxy groups -OCH3 is 1. The van der Waals surface area contributed by atoms with Gasteiger partial charge in [-0.1, -0.05) is 18.5 Å². The molecule has 0 radical (unpaired) electrons. The lowest BCUT2D eigenvalue weighted by atomic mass is 10.1. The van der Waals surface area contributed by atoms with Crippen LogP contribution in [0, 0.1) is 11.3 Å². The summed E-state index contributed by atoms with van der Waals surface area (Å²) in [5.41, 5.74) is 0.383. The Hall–Kier alpha value is -1.73. The summed E-state index contributed by atoms with van der Waals surface area (Å²) in [6, 6.07) is 6.85. The van der Waals surface area contributed by atoms with Crippen molar-refractivity contribution >= 4 is 17.5 Å². The van der Waals surface area contributed by atoms with Crippen molar-refractivity contribution in [2.45, 2.75) is 13.3 Å². The van der Waals surface area contributed by atoms with Gasteiger partial charge in [0.2, 0.25) is 0 Å².